The summed E-state index contributed by atoms with van der Waals surface area (Å²) in [4.78, 5) is 24.6. The zero-order chi connectivity index (χ0) is 27.6. The summed E-state index contributed by atoms with van der Waals surface area (Å²) in [6, 6.07) is 17.5. The molecule has 0 aromatic carbocycles. The number of halogens is 1. The Bertz CT molecular complexity index is 1070. The van der Waals surface area contributed by atoms with Crippen LogP contribution < -0.4 is 23.7 Å². The molecular formula is C26H33ClN3NiO7+. The number of nitrogens with zero attached hydrogens (tertiary/aromatic N) is 3. The molecule has 0 saturated carbocycles. The van der Waals surface area contributed by atoms with Gasteiger partial charge in [0.2, 0.25) is 0 Å². The molecule has 0 aliphatic rings. The molecular weight excluding hydrogens is 560 g/mol. The van der Waals surface area contributed by atoms with Gasteiger partial charge in [0.1, 0.15) is 0 Å². The molecule has 3 N–H and O–H groups in total. The maximum Gasteiger partial charge on any atom is 2.00 e. The fourth-order valence-corrected chi connectivity index (χ4v) is 2.30. The normalized spacial score (nSPS) is 11.4. The van der Waals surface area contributed by atoms with Crippen LogP contribution in [0, 0.1) is 21.1 Å². The Morgan fingerprint density at radius 2 is 1.08 bits per heavy atom. The van der Waals surface area contributed by atoms with Gasteiger partial charge in [-0.25, -0.2) is 23.6 Å². The van der Waals surface area contributed by atoms with Gasteiger partial charge in [0, 0.05) is 17.8 Å². The number of allylic oxidation sites excluding steroid dienone is 2. The van der Waals surface area contributed by atoms with Crippen LogP contribution in [-0.2, 0) is 26.8 Å². The molecule has 0 saturated heterocycles. The van der Waals surface area contributed by atoms with Crippen LogP contribution in [0.1, 0.15) is 41.5 Å². The second-order valence-corrected chi connectivity index (χ2v) is 10.3. The molecule has 3 rings (SSSR count). The van der Waals surface area contributed by atoms with Crippen molar-refractivity contribution >= 4 is 5.78 Å². The summed E-state index contributed by atoms with van der Waals surface area (Å²) in [5.74, 6) is -0.208. The van der Waals surface area contributed by atoms with Crippen molar-refractivity contribution in [1.82, 2.24) is 15.0 Å². The van der Waals surface area contributed by atoms with Crippen LogP contribution in [-0.4, -0.2) is 20.7 Å². The van der Waals surface area contributed by atoms with E-state index in [4.69, 9.17) is 18.6 Å². The second kappa shape index (κ2) is 16.3. The van der Waals surface area contributed by atoms with Crippen molar-refractivity contribution in [2.24, 2.45) is 10.8 Å². The quantitative estimate of drug-likeness (QED) is 0.165. The fraction of sp³-hybridized carbons (Fsp3) is 0.308. The van der Waals surface area contributed by atoms with Crippen LogP contribution >= 0.6 is 0 Å². The van der Waals surface area contributed by atoms with Gasteiger partial charge in [0.05, 0.1) is 22.8 Å². The van der Waals surface area contributed by atoms with E-state index in [0.29, 0.717) is 0 Å². The Balaban J connectivity index is 0. The Labute approximate surface area is 235 Å². The molecule has 0 aliphatic heterocycles. The van der Waals surface area contributed by atoms with E-state index in [0.717, 1.165) is 22.8 Å². The van der Waals surface area contributed by atoms with Crippen LogP contribution in [0.2, 0.25) is 0 Å². The molecule has 38 heavy (non-hydrogen) atoms. The predicted octanol–water partition coefficient (Wildman–Crippen LogP) is -0.583. The molecule has 0 spiro atoms. The maximum absolute atomic E-state index is 11.4. The maximum atomic E-state index is 11.4. The van der Waals surface area contributed by atoms with Crippen LogP contribution in [0.5, 0.6) is 0 Å². The number of aromatic nitrogens is 3. The molecule has 0 amide bonds. The smallest absolute Gasteiger partial charge is 0.875 e. The number of ketones is 1. The van der Waals surface area contributed by atoms with Crippen molar-refractivity contribution in [3.05, 3.63) is 78.8 Å². The van der Waals surface area contributed by atoms with Crippen LogP contribution in [0.15, 0.2) is 78.8 Å². The molecule has 0 aliphatic carbocycles. The molecule has 0 atom stereocenters. The van der Waals surface area contributed by atoms with Crippen molar-refractivity contribution in [2.45, 2.75) is 41.5 Å². The number of carbonyl (C=O) groups is 1. The largest absolute Gasteiger partial charge is 2.00 e. The molecule has 0 fully saturated rings. The number of hydrogen-bond donors (Lipinski definition) is 0. The summed E-state index contributed by atoms with van der Waals surface area (Å²) >= 11 is 0. The number of rotatable bonds is 3. The third-order valence-electron chi connectivity index (χ3n) is 4.34. The van der Waals surface area contributed by atoms with Crippen LogP contribution in [0.25, 0.3) is 22.8 Å². The monoisotopic (exact) mass is 592 g/mol. The first kappa shape index (κ1) is 37.4. The molecule has 12 heteroatoms. The number of hydrogen-bond acceptors (Lipinski definition) is 9. The second-order valence-electron chi connectivity index (χ2n) is 9.59. The first-order valence-corrected chi connectivity index (χ1v) is 12.1. The molecule has 3 heterocycles. The van der Waals surface area contributed by atoms with Gasteiger partial charge in [-0.15, -0.1) is 16.0 Å². The van der Waals surface area contributed by atoms with Gasteiger partial charge in [0.25, 0.3) is 0 Å². The summed E-state index contributed by atoms with van der Waals surface area (Å²) in [5.41, 5.74) is 2.55. The minimum atomic E-state index is -4.94. The van der Waals surface area contributed by atoms with Gasteiger partial charge in [0.15, 0.2) is 5.78 Å². The molecule has 0 unspecified atom stereocenters. The summed E-state index contributed by atoms with van der Waals surface area (Å²) in [6.07, 6.45) is 4.76. The van der Waals surface area contributed by atoms with Gasteiger partial charge >= 0.3 is 16.5 Å². The molecule has 0 radical (unpaired) electrons. The molecule has 0 bridgehead atoms. The van der Waals surface area contributed by atoms with Crippen molar-refractivity contribution in [1.29, 1.82) is 0 Å². The number of carbonyl (C=O) groups excluding carboxylic acids is 1. The Morgan fingerprint density at radius 1 is 0.711 bits per heavy atom. The van der Waals surface area contributed by atoms with E-state index in [1.807, 2.05) is 96.1 Å². The van der Waals surface area contributed by atoms with Gasteiger partial charge in [-0.3, -0.25) is 14.8 Å². The Kier molecular flexibility index (Phi) is 16.0. The SMILES string of the molecule is CC(C)(C)C(=O)/C=C(\[O-])C(C)(C)C.[Ni+2].[O-][Cl+3]([O-])([O-])[O-].[OH3+].c1ccc(-c2cccc(-c3ccccn3)n2)nc1. The average Bonchev–Trinajstić information content (AvgIpc) is 2.78. The van der Waals surface area contributed by atoms with Gasteiger partial charge < -0.3 is 10.6 Å². The summed E-state index contributed by atoms with van der Waals surface area (Å²) in [5, 5.41) is 11.4. The third kappa shape index (κ3) is 15.5. The van der Waals surface area contributed by atoms with E-state index < -0.39 is 21.1 Å². The average molecular weight is 594 g/mol. The van der Waals surface area contributed by atoms with Crippen molar-refractivity contribution in [3.8, 4) is 22.8 Å². The molecule has 10 nitrogen and oxygen atoms in total. The van der Waals surface area contributed by atoms with Crippen LogP contribution in [0.3, 0.4) is 0 Å². The molecule has 3 aromatic rings. The van der Waals surface area contributed by atoms with E-state index in [-0.39, 0.29) is 33.5 Å². The third-order valence-corrected chi connectivity index (χ3v) is 4.34. The van der Waals surface area contributed by atoms with Crippen molar-refractivity contribution < 1.29 is 60.7 Å². The Morgan fingerprint density at radius 3 is 1.37 bits per heavy atom. The minimum absolute atomic E-state index is 0. The topological polar surface area (TPSA) is 204 Å². The van der Waals surface area contributed by atoms with Crippen molar-refractivity contribution in [2.75, 3.05) is 0 Å². The van der Waals surface area contributed by atoms with E-state index in [2.05, 4.69) is 15.0 Å². The predicted molar refractivity (Wildman–Crippen MR) is 128 cm³/mol. The first-order valence-electron chi connectivity index (χ1n) is 10.8. The Hall–Kier alpha value is -2.76. The van der Waals surface area contributed by atoms with E-state index in [9.17, 15) is 9.90 Å². The summed E-state index contributed by atoms with van der Waals surface area (Å²) in [7, 11) is -4.94. The fourth-order valence-electron chi connectivity index (χ4n) is 2.30. The first-order chi connectivity index (χ1) is 16.5. The number of pyridine rings is 3. The van der Waals surface area contributed by atoms with E-state index in [1.165, 1.54) is 6.08 Å². The minimum Gasteiger partial charge on any atom is -0.875 e. The standard InChI is InChI=1S/C15H11N3.C11H20O2.ClHO4.Ni.H2O/c1-3-10-16-12(6-1)14-8-5-9-15(18-14)13-7-2-4-11-17-13;1-10(2,3)8(12)7-9(13)11(4,5)6;2-1(3,4)5;;/h1-11H;7,12H,1-6H3;(H,2,3,4,5);;1H2/q;;;+2;/p-1/b;8-7-;;;. The van der Waals surface area contributed by atoms with Gasteiger partial charge in [-0.2, -0.15) is 0 Å². The summed E-state index contributed by atoms with van der Waals surface area (Å²) < 4.78 is 34.0. The zero-order valence-corrected chi connectivity index (χ0v) is 23.7. The van der Waals surface area contributed by atoms with Gasteiger partial charge in [-0.05, 0) is 47.9 Å². The van der Waals surface area contributed by atoms with E-state index in [1.54, 1.807) is 12.4 Å². The zero-order valence-electron chi connectivity index (χ0n) is 22.0. The van der Waals surface area contributed by atoms with E-state index >= 15 is 0 Å². The summed E-state index contributed by atoms with van der Waals surface area (Å²) in [6.45, 7) is 10.8. The van der Waals surface area contributed by atoms with Gasteiger partial charge in [-0.1, -0.05) is 59.7 Å². The van der Waals surface area contributed by atoms with Crippen LogP contribution in [0.4, 0.5) is 0 Å². The molecule has 3 aromatic heterocycles. The molecule has 210 valence electrons. The van der Waals surface area contributed by atoms with Crippen molar-refractivity contribution in [3.63, 3.8) is 0 Å².